The normalized spacial score (nSPS) is 14.1. The summed E-state index contributed by atoms with van der Waals surface area (Å²) in [4.78, 5) is 19.0. The number of piperidine rings is 1. The summed E-state index contributed by atoms with van der Waals surface area (Å²) in [5, 5.41) is 6.13. The molecule has 2 N–H and O–H groups in total. The summed E-state index contributed by atoms with van der Waals surface area (Å²) in [6.45, 7) is 3.99. The minimum atomic E-state index is -0.441. The highest BCUT2D eigenvalue weighted by molar-refractivity contribution is 6.01. The van der Waals surface area contributed by atoms with Crippen LogP contribution in [0.3, 0.4) is 0 Å². The Labute approximate surface area is 169 Å². The van der Waals surface area contributed by atoms with E-state index >= 15 is 0 Å². The Bertz CT molecular complexity index is 1010. The predicted octanol–water partition coefficient (Wildman–Crippen LogP) is 5.57. The quantitative estimate of drug-likeness (QED) is 0.610. The van der Waals surface area contributed by atoms with E-state index in [9.17, 15) is 9.18 Å². The van der Waals surface area contributed by atoms with E-state index in [4.69, 9.17) is 0 Å². The maximum absolute atomic E-state index is 14.7. The van der Waals surface area contributed by atoms with E-state index in [2.05, 4.69) is 27.4 Å². The molecule has 3 aromatic rings. The molecule has 0 unspecified atom stereocenters. The average Bonchev–Trinajstić information content (AvgIpc) is 2.74. The number of benzene rings is 2. The van der Waals surface area contributed by atoms with Gasteiger partial charge in [-0.1, -0.05) is 19.1 Å². The van der Waals surface area contributed by atoms with Crippen molar-refractivity contribution in [3.05, 3.63) is 59.9 Å². The summed E-state index contributed by atoms with van der Waals surface area (Å²) in [6, 6.07) is 14.1. The number of hydrogen-bond donors (Lipinski definition) is 2. The Morgan fingerprint density at radius 2 is 1.72 bits per heavy atom. The third kappa shape index (κ3) is 4.47. The number of nitrogens with one attached hydrogen (secondary N) is 2. The van der Waals surface area contributed by atoms with Crippen molar-refractivity contribution in [1.29, 1.82) is 0 Å². The van der Waals surface area contributed by atoms with Crippen LogP contribution in [-0.4, -0.2) is 24.1 Å². The molecule has 1 aliphatic heterocycles. The van der Waals surface area contributed by atoms with Gasteiger partial charge in [-0.2, -0.15) is 0 Å². The molecule has 4 rings (SSSR count). The summed E-state index contributed by atoms with van der Waals surface area (Å²) in [7, 11) is 0. The zero-order valence-electron chi connectivity index (χ0n) is 16.5. The molecule has 0 bridgehead atoms. The fraction of sp³-hybridized carbons (Fsp3) is 0.304. The molecular formula is C23H25FN4O. The van der Waals surface area contributed by atoms with Gasteiger partial charge in [0.25, 0.3) is 0 Å². The molecule has 0 radical (unpaired) electrons. The molecule has 150 valence electrons. The third-order valence-electron chi connectivity index (χ3n) is 5.29. The van der Waals surface area contributed by atoms with Crippen molar-refractivity contribution in [2.24, 2.45) is 0 Å². The first-order valence-electron chi connectivity index (χ1n) is 10.1. The van der Waals surface area contributed by atoms with Gasteiger partial charge >= 0.3 is 6.03 Å². The molecule has 6 heteroatoms. The number of carbonyl (C=O) groups excluding carboxylic acids is 1. The van der Waals surface area contributed by atoms with E-state index in [0.29, 0.717) is 22.3 Å². The lowest BCUT2D eigenvalue weighted by molar-refractivity contribution is 0.262. The Hall–Kier alpha value is -3.15. The molecule has 1 aromatic heterocycles. The van der Waals surface area contributed by atoms with Gasteiger partial charge in [-0.05, 0) is 67.6 Å². The van der Waals surface area contributed by atoms with Gasteiger partial charge < -0.3 is 15.5 Å². The Kier molecular flexibility index (Phi) is 5.60. The molecular weight excluding hydrogens is 367 g/mol. The highest BCUT2D eigenvalue weighted by atomic mass is 19.1. The van der Waals surface area contributed by atoms with Crippen LogP contribution in [0.2, 0.25) is 0 Å². The smallest absolute Gasteiger partial charge is 0.323 e. The van der Waals surface area contributed by atoms with Crippen LogP contribution in [0.25, 0.3) is 10.9 Å². The Balaban J connectivity index is 1.49. The Morgan fingerprint density at radius 1 is 1.00 bits per heavy atom. The molecule has 2 amide bonds. The zero-order valence-corrected chi connectivity index (χ0v) is 16.5. The van der Waals surface area contributed by atoms with Crippen molar-refractivity contribution in [3.8, 4) is 0 Å². The van der Waals surface area contributed by atoms with E-state index in [-0.39, 0.29) is 0 Å². The van der Waals surface area contributed by atoms with Crippen molar-refractivity contribution in [1.82, 2.24) is 4.98 Å². The van der Waals surface area contributed by atoms with Crippen LogP contribution in [0.15, 0.2) is 48.5 Å². The highest BCUT2D eigenvalue weighted by Crippen LogP contribution is 2.26. The molecule has 1 fully saturated rings. The summed E-state index contributed by atoms with van der Waals surface area (Å²) in [5.74, 6) is 0.369. The van der Waals surface area contributed by atoms with Crippen LogP contribution < -0.4 is 15.5 Å². The number of nitrogens with zero attached hydrogens (tertiary/aromatic N) is 2. The Morgan fingerprint density at radius 3 is 2.45 bits per heavy atom. The van der Waals surface area contributed by atoms with Gasteiger partial charge in [-0.3, -0.25) is 0 Å². The van der Waals surface area contributed by atoms with Gasteiger partial charge in [0, 0.05) is 29.9 Å². The molecule has 29 heavy (non-hydrogen) atoms. The first-order chi connectivity index (χ1) is 14.1. The second kappa shape index (κ2) is 8.47. The fourth-order valence-corrected chi connectivity index (χ4v) is 3.67. The van der Waals surface area contributed by atoms with Gasteiger partial charge in [-0.15, -0.1) is 0 Å². The van der Waals surface area contributed by atoms with E-state index in [1.54, 1.807) is 6.07 Å². The molecule has 5 nitrogen and oxygen atoms in total. The number of carbonyl (C=O) groups is 1. The van der Waals surface area contributed by atoms with Crippen LogP contribution in [0, 0.1) is 5.82 Å². The number of anilines is 3. The van der Waals surface area contributed by atoms with E-state index in [0.717, 1.165) is 38.2 Å². The monoisotopic (exact) mass is 392 g/mol. The number of aromatic nitrogens is 1. The van der Waals surface area contributed by atoms with E-state index in [1.807, 2.05) is 36.4 Å². The SMILES string of the molecule is CCc1ccc(NC(=O)Nc2cc(F)c3nc(N4CCCCC4)ccc3c2)cc1. The number of hydrogen-bond acceptors (Lipinski definition) is 3. The topological polar surface area (TPSA) is 57.3 Å². The van der Waals surface area contributed by atoms with Crippen molar-refractivity contribution < 1.29 is 9.18 Å². The third-order valence-corrected chi connectivity index (χ3v) is 5.29. The standard InChI is InChI=1S/C23H25FN4O/c1-2-16-6-9-18(10-7-16)25-23(29)26-19-14-17-8-11-21(27-22(17)20(24)15-19)28-12-4-3-5-13-28/h6-11,14-15H,2-5,12-13H2,1H3,(H2,25,26,29). The molecule has 2 heterocycles. The van der Waals surface area contributed by atoms with Gasteiger partial charge in [0.1, 0.15) is 11.3 Å². The number of pyridine rings is 1. The first-order valence-corrected chi connectivity index (χ1v) is 10.1. The van der Waals surface area contributed by atoms with Crippen molar-refractivity contribution in [3.63, 3.8) is 0 Å². The lowest BCUT2D eigenvalue weighted by Crippen LogP contribution is -2.30. The summed E-state index contributed by atoms with van der Waals surface area (Å²) in [6.07, 6.45) is 4.46. The average molecular weight is 392 g/mol. The number of aryl methyl sites for hydroxylation is 1. The first kappa shape index (κ1) is 19.2. The van der Waals surface area contributed by atoms with E-state index < -0.39 is 11.8 Å². The maximum atomic E-state index is 14.7. The number of fused-ring (bicyclic) bond motifs is 1. The molecule has 0 atom stereocenters. The lowest BCUT2D eigenvalue weighted by atomic mass is 10.1. The van der Waals surface area contributed by atoms with Gasteiger partial charge in [0.15, 0.2) is 5.82 Å². The number of rotatable bonds is 4. The maximum Gasteiger partial charge on any atom is 0.323 e. The molecule has 1 aliphatic rings. The van der Waals surface area contributed by atoms with Crippen molar-refractivity contribution in [2.45, 2.75) is 32.6 Å². The number of amides is 2. The van der Waals surface area contributed by atoms with Crippen LogP contribution in [0.4, 0.5) is 26.4 Å². The minimum Gasteiger partial charge on any atom is -0.357 e. The molecule has 2 aromatic carbocycles. The fourth-order valence-electron chi connectivity index (χ4n) is 3.67. The van der Waals surface area contributed by atoms with Crippen LogP contribution >= 0.6 is 0 Å². The molecule has 0 saturated carbocycles. The molecule has 0 spiro atoms. The lowest BCUT2D eigenvalue weighted by Gasteiger charge is -2.27. The van der Waals surface area contributed by atoms with Crippen LogP contribution in [0.1, 0.15) is 31.7 Å². The highest BCUT2D eigenvalue weighted by Gasteiger charge is 2.14. The van der Waals surface area contributed by atoms with Crippen LogP contribution in [0.5, 0.6) is 0 Å². The van der Waals surface area contributed by atoms with Crippen molar-refractivity contribution >= 4 is 34.1 Å². The predicted molar refractivity (Wildman–Crippen MR) is 116 cm³/mol. The van der Waals surface area contributed by atoms with Gasteiger partial charge in [-0.25, -0.2) is 14.2 Å². The summed E-state index contributed by atoms with van der Waals surface area (Å²) in [5.41, 5.74) is 2.61. The number of halogens is 1. The second-order valence-corrected chi connectivity index (χ2v) is 7.38. The molecule has 1 saturated heterocycles. The summed E-state index contributed by atoms with van der Waals surface area (Å²) >= 11 is 0. The zero-order chi connectivity index (χ0) is 20.2. The number of urea groups is 1. The largest absolute Gasteiger partial charge is 0.357 e. The van der Waals surface area contributed by atoms with Gasteiger partial charge in [0.05, 0.1) is 0 Å². The second-order valence-electron chi connectivity index (χ2n) is 7.38. The summed E-state index contributed by atoms with van der Waals surface area (Å²) < 4.78 is 14.7. The van der Waals surface area contributed by atoms with Crippen molar-refractivity contribution in [2.75, 3.05) is 28.6 Å². The molecule has 0 aliphatic carbocycles. The minimum absolute atomic E-state index is 0.328. The van der Waals surface area contributed by atoms with E-state index in [1.165, 1.54) is 18.1 Å². The van der Waals surface area contributed by atoms with Crippen LogP contribution in [-0.2, 0) is 6.42 Å². The van der Waals surface area contributed by atoms with Gasteiger partial charge in [0.2, 0.25) is 0 Å².